The van der Waals surface area contributed by atoms with Gasteiger partial charge in [-0.05, 0) is 43.5 Å². The van der Waals surface area contributed by atoms with Crippen LogP contribution < -0.4 is 16.0 Å². The minimum atomic E-state index is -0.223. The van der Waals surface area contributed by atoms with Crippen LogP contribution in [-0.2, 0) is 4.79 Å². The number of rotatable bonds is 3. The van der Waals surface area contributed by atoms with Crippen molar-refractivity contribution in [1.82, 2.24) is 5.32 Å². The highest BCUT2D eigenvalue weighted by Gasteiger charge is 2.26. The fraction of sp³-hybridized carbons (Fsp3) is 0.533. The van der Waals surface area contributed by atoms with Crippen molar-refractivity contribution in [2.24, 2.45) is 5.73 Å². The quantitative estimate of drug-likeness (QED) is 0.888. The summed E-state index contributed by atoms with van der Waals surface area (Å²) in [7, 11) is 0. The molecule has 1 aromatic rings. The summed E-state index contributed by atoms with van der Waals surface area (Å²) in [6.07, 6.45) is 0.897. The number of nitrogens with zero attached hydrogens (tertiary/aromatic N) is 1. The largest absolute Gasteiger partial charge is 0.369 e. The molecule has 1 amide bonds. The Morgan fingerprint density at radius 3 is 2.85 bits per heavy atom. The van der Waals surface area contributed by atoms with E-state index in [0.717, 1.165) is 30.8 Å². The molecule has 1 unspecified atom stereocenters. The average Bonchev–Trinajstić information content (AvgIpc) is 2.79. The van der Waals surface area contributed by atoms with Crippen LogP contribution in [0.3, 0.4) is 0 Å². The smallest absolute Gasteiger partial charge is 0.217 e. The highest BCUT2D eigenvalue weighted by molar-refractivity contribution is 5.73. The molecule has 2 atom stereocenters. The Morgan fingerprint density at radius 1 is 1.55 bits per heavy atom. The number of amides is 1. The van der Waals surface area contributed by atoms with Crippen LogP contribution in [0.2, 0.25) is 0 Å². The monoisotopic (exact) mass is 279 g/mol. The molecule has 5 heteroatoms. The first-order chi connectivity index (χ1) is 9.38. The van der Waals surface area contributed by atoms with Crippen molar-refractivity contribution in [3.05, 3.63) is 29.1 Å². The zero-order chi connectivity index (χ0) is 14.9. The molecule has 110 valence electrons. The average molecular weight is 279 g/mol. The molecule has 0 spiro atoms. The summed E-state index contributed by atoms with van der Waals surface area (Å²) in [6, 6.07) is 3.31. The Balaban J connectivity index is 2.25. The van der Waals surface area contributed by atoms with Crippen LogP contribution in [0.25, 0.3) is 0 Å². The maximum Gasteiger partial charge on any atom is 0.217 e. The second-order valence-corrected chi connectivity index (χ2v) is 5.58. The highest BCUT2D eigenvalue weighted by atomic mass is 19.1. The molecule has 20 heavy (non-hydrogen) atoms. The summed E-state index contributed by atoms with van der Waals surface area (Å²) < 4.78 is 13.7. The van der Waals surface area contributed by atoms with Crippen molar-refractivity contribution in [3.8, 4) is 0 Å². The zero-order valence-corrected chi connectivity index (χ0v) is 12.2. The number of halogens is 1. The van der Waals surface area contributed by atoms with E-state index >= 15 is 0 Å². The van der Waals surface area contributed by atoms with Gasteiger partial charge in [-0.15, -0.1) is 0 Å². The van der Waals surface area contributed by atoms with Gasteiger partial charge in [0.2, 0.25) is 5.91 Å². The van der Waals surface area contributed by atoms with Crippen molar-refractivity contribution < 1.29 is 9.18 Å². The molecule has 1 saturated heterocycles. The summed E-state index contributed by atoms with van der Waals surface area (Å²) in [4.78, 5) is 13.3. The summed E-state index contributed by atoms with van der Waals surface area (Å²) in [5.74, 6) is -0.238. The lowest BCUT2D eigenvalue weighted by molar-refractivity contribution is -0.119. The molecule has 0 aromatic heterocycles. The SMILES string of the molecule is CC(=O)NC1CCN(c2cc(C)c(F)cc2[C@H](C)N)C1. The lowest BCUT2D eigenvalue weighted by Crippen LogP contribution is -2.35. The third-order valence-corrected chi connectivity index (χ3v) is 3.73. The molecular weight excluding hydrogens is 257 g/mol. The first-order valence-corrected chi connectivity index (χ1v) is 6.96. The van der Waals surface area contributed by atoms with E-state index in [-0.39, 0.29) is 23.8 Å². The summed E-state index contributed by atoms with van der Waals surface area (Å²) in [6.45, 7) is 6.72. The minimum Gasteiger partial charge on any atom is -0.369 e. The summed E-state index contributed by atoms with van der Waals surface area (Å²) >= 11 is 0. The number of anilines is 1. The number of hydrogen-bond acceptors (Lipinski definition) is 3. The fourth-order valence-corrected chi connectivity index (χ4v) is 2.70. The molecule has 1 fully saturated rings. The van der Waals surface area contributed by atoms with Gasteiger partial charge in [0.1, 0.15) is 5.82 Å². The minimum absolute atomic E-state index is 0.0143. The number of nitrogens with two attached hydrogens (primary N) is 1. The normalized spacial score (nSPS) is 20.1. The Hall–Kier alpha value is -1.62. The Labute approximate surface area is 119 Å². The number of carbonyl (C=O) groups is 1. The lowest BCUT2D eigenvalue weighted by Gasteiger charge is -2.24. The van der Waals surface area contributed by atoms with Gasteiger partial charge in [-0.25, -0.2) is 4.39 Å². The molecular formula is C15H22FN3O. The number of nitrogens with one attached hydrogen (secondary N) is 1. The molecule has 3 N–H and O–H groups in total. The molecule has 1 aliphatic rings. The van der Waals surface area contributed by atoms with Crippen LogP contribution in [-0.4, -0.2) is 25.0 Å². The standard InChI is InChI=1S/C15H22FN3O/c1-9-6-15(13(10(2)17)7-14(9)16)19-5-4-12(8-19)18-11(3)20/h6-7,10,12H,4-5,8,17H2,1-3H3,(H,18,20)/t10-,12?/m0/s1. The molecule has 0 saturated carbocycles. The first-order valence-electron chi connectivity index (χ1n) is 6.96. The number of benzene rings is 1. The van der Waals surface area contributed by atoms with Crippen molar-refractivity contribution >= 4 is 11.6 Å². The van der Waals surface area contributed by atoms with E-state index < -0.39 is 0 Å². The van der Waals surface area contributed by atoms with Crippen LogP contribution in [0.5, 0.6) is 0 Å². The van der Waals surface area contributed by atoms with Crippen LogP contribution in [0.15, 0.2) is 12.1 Å². The zero-order valence-electron chi connectivity index (χ0n) is 12.2. The van der Waals surface area contributed by atoms with Gasteiger partial charge in [0.15, 0.2) is 0 Å². The van der Waals surface area contributed by atoms with Crippen LogP contribution >= 0.6 is 0 Å². The number of carbonyl (C=O) groups excluding carboxylic acids is 1. The van der Waals surface area contributed by atoms with Crippen molar-refractivity contribution in [3.63, 3.8) is 0 Å². The maximum absolute atomic E-state index is 13.7. The van der Waals surface area contributed by atoms with Crippen molar-refractivity contribution in [1.29, 1.82) is 0 Å². The van der Waals surface area contributed by atoms with Gasteiger partial charge in [-0.2, -0.15) is 0 Å². The Bertz CT molecular complexity index is 516. The molecule has 1 heterocycles. The molecule has 0 radical (unpaired) electrons. The third kappa shape index (κ3) is 3.10. The van der Waals surface area contributed by atoms with Crippen molar-refractivity contribution in [2.75, 3.05) is 18.0 Å². The predicted octanol–water partition coefficient (Wildman–Crippen LogP) is 1.87. The number of aryl methyl sites for hydroxylation is 1. The van der Waals surface area contributed by atoms with Crippen molar-refractivity contribution in [2.45, 2.75) is 39.3 Å². The molecule has 4 nitrogen and oxygen atoms in total. The van der Waals surface area contributed by atoms with Gasteiger partial charge in [0.05, 0.1) is 0 Å². The van der Waals surface area contributed by atoms with E-state index in [2.05, 4.69) is 10.2 Å². The fourth-order valence-electron chi connectivity index (χ4n) is 2.70. The van der Waals surface area contributed by atoms with E-state index in [9.17, 15) is 9.18 Å². The molecule has 0 aliphatic carbocycles. The Kier molecular flexibility index (Phi) is 4.28. The topological polar surface area (TPSA) is 58.4 Å². The lowest BCUT2D eigenvalue weighted by atomic mass is 10.0. The van der Waals surface area contributed by atoms with E-state index in [1.54, 1.807) is 6.92 Å². The van der Waals surface area contributed by atoms with Gasteiger partial charge >= 0.3 is 0 Å². The third-order valence-electron chi connectivity index (χ3n) is 3.73. The molecule has 0 bridgehead atoms. The maximum atomic E-state index is 13.7. The van der Waals surface area contributed by atoms with E-state index in [1.807, 2.05) is 13.0 Å². The van der Waals surface area contributed by atoms with Crippen LogP contribution in [0.1, 0.15) is 37.4 Å². The van der Waals surface area contributed by atoms with E-state index in [0.29, 0.717) is 5.56 Å². The molecule has 2 rings (SSSR count). The molecule has 1 aromatic carbocycles. The van der Waals surface area contributed by atoms with E-state index in [4.69, 9.17) is 5.73 Å². The first kappa shape index (κ1) is 14.8. The van der Waals surface area contributed by atoms with Gasteiger partial charge in [0, 0.05) is 37.8 Å². The molecule has 1 aliphatic heterocycles. The number of hydrogen-bond donors (Lipinski definition) is 2. The predicted molar refractivity (Wildman–Crippen MR) is 78.2 cm³/mol. The van der Waals surface area contributed by atoms with Gasteiger partial charge in [-0.1, -0.05) is 0 Å². The van der Waals surface area contributed by atoms with Gasteiger partial charge in [0.25, 0.3) is 0 Å². The second kappa shape index (κ2) is 5.79. The highest BCUT2D eigenvalue weighted by Crippen LogP contribution is 2.30. The van der Waals surface area contributed by atoms with Gasteiger partial charge in [-0.3, -0.25) is 4.79 Å². The Morgan fingerprint density at radius 2 is 2.25 bits per heavy atom. The summed E-state index contributed by atoms with van der Waals surface area (Å²) in [5.41, 5.74) is 8.37. The van der Waals surface area contributed by atoms with Crippen LogP contribution in [0.4, 0.5) is 10.1 Å². The van der Waals surface area contributed by atoms with E-state index in [1.165, 1.54) is 13.0 Å². The summed E-state index contributed by atoms with van der Waals surface area (Å²) in [5, 5.41) is 2.93. The van der Waals surface area contributed by atoms with Crippen LogP contribution in [0, 0.1) is 12.7 Å². The second-order valence-electron chi connectivity index (χ2n) is 5.58. The van der Waals surface area contributed by atoms with Gasteiger partial charge < -0.3 is 16.0 Å².